The van der Waals surface area contributed by atoms with Gasteiger partial charge in [0.1, 0.15) is 5.54 Å². The molecule has 0 radical (unpaired) electrons. The first-order valence-electron chi connectivity index (χ1n) is 8.18. The monoisotopic (exact) mass is 277 g/mol. The lowest BCUT2D eigenvalue weighted by Crippen LogP contribution is -2.56. The van der Waals surface area contributed by atoms with Crippen LogP contribution in [0.25, 0.3) is 0 Å². The van der Waals surface area contributed by atoms with E-state index >= 15 is 0 Å². The molecule has 20 heavy (non-hydrogen) atoms. The normalized spacial score (nSPS) is 27.6. The molecule has 3 nitrogen and oxygen atoms in total. The van der Waals surface area contributed by atoms with Crippen molar-refractivity contribution < 1.29 is 0 Å². The molecule has 2 aliphatic rings. The molecule has 0 aromatic carbocycles. The first-order valence-corrected chi connectivity index (χ1v) is 8.18. The van der Waals surface area contributed by atoms with Crippen LogP contribution < -0.4 is 5.32 Å². The summed E-state index contributed by atoms with van der Waals surface area (Å²) in [6, 6.07) is 3.01. The molecule has 2 atom stereocenters. The van der Waals surface area contributed by atoms with Gasteiger partial charge >= 0.3 is 0 Å². The highest BCUT2D eigenvalue weighted by molar-refractivity contribution is 5.17. The molecule has 1 aliphatic carbocycles. The van der Waals surface area contributed by atoms with E-state index in [2.05, 4.69) is 50.9 Å². The maximum Gasteiger partial charge on any atom is 0.122 e. The van der Waals surface area contributed by atoms with E-state index in [0.29, 0.717) is 17.4 Å². The minimum Gasteiger partial charge on any atom is -0.300 e. The summed E-state index contributed by atoms with van der Waals surface area (Å²) in [5, 5.41) is 13.4. The zero-order valence-electron chi connectivity index (χ0n) is 13.9. The highest BCUT2D eigenvalue weighted by Crippen LogP contribution is 2.41. The van der Waals surface area contributed by atoms with Gasteiger partial charge in [-0.25, -0.2) is 0 Å². The van der Waals surface area contributed by atoms with Crippen molar-refractivity contribution in [2.45, 2.75) is 65.5 Å². The van der Waals surface area contributed by atoms with E-state index in [1.807, 2.05) is 0 Å². The SMILES string of the molecule is CC(C)NC(C#N)(CN1CCC(C(C)(C)C)C1)C1CC1. The van der Waals surface area contributed by atoms with E-state index in [-0.39, 0.29) is 5.54 Å². The number of hydrogen-bond donors (Lipinski definition) is 1. The Bertz CT molecular complexity index is 373. The maximum atomic E-state index is 9.78. The summed E-state index contributed by atoms with van der Waals surface area (Å²) in [6.07, 6.45) is 3.70. The molecule has 1 aliphatic heterocycles. The molecule has 2 unspecified atom stereocenters. The summed E-state index contributed by atoms with van der Waals surface area (Å²) < 4.78 is 0. The van der Waals surface area contributed by atoms with Crippen molar-refractivity contribution in [2.24, 2.45) is 17.3 Å². The van der Waals surface area contributed by atoms with E-state index < -0.39 is 0 Å². The predicted molar refractivity (Wildman–Crippen MR) is 83.3 cm³/mol. The lowest BCUT2D eigenvalue weighted by Gasteiger charge is -2.35. The van der Waals surface area contributed by atoms with Crippen molar-refractivity contribution in [1.82, 2.24) is 10.2 Å². The molecular weight excluding hydrogens is 246 g/mol. The molecule has 1 saturated heterocycles. The Kier molecular flexibility index (Phi) is 4.47. The van der Waals surface area contributed by atoms with Gasteiger partial charge in [-0.2, -0.15) is 5.26 Å². The van der Waals surface area contributed by atoms with Gasteiger partial charge in [0, 0.05) is 19.1 Å². The van der Waals surface area contributed by atoms with Crippen LogP contribution in [0.5, 0.6) is 0 Å². The third kappa shape index (κ3) is 3.54. The second kappa shape index (κ2) is 5.66. The van der Waals surface area contributed by atoms with Gasteiger partial charge < -0.3 is 4.90 Å². The fraction of sp³-hybridized carbons (Fsp3) is 0.941. The van der Waals surface area contributed by atoms with Gasteiger partial charge in [0.2, 0.25) is 0 Å². The molecule has 3 heteroatoms. The largest absolute Gasteiger partial charge is 0.300 e. The Balaban J connectivity index is 2.01. The Morgan fingerprint density at radius 2 is 1.85 bits per heavy atom. The standard InChI is InChI=1S/C17H31N3/c1-13(2)19-17(11-18,14-6-7-14)12-20-9-8-15(10-20)16(3,4)5/h13-15,19H,6-10,12H2,1-5H3. The molecule has 0 aromatic heterocycles. The van der Waals surface area contributed by atoms with Gasteiger partial charge in [0.25, 0.3) is 0 Å². The predicted octanol–water partition coefficient (Wildman–Crippen LogP) is 3.02. The van der Waals surface area contributed by atoms with E-state index in [4.69, 9.17) is 0 Å². The zero-order valence-corrected chi connectivity index (χ0v) is 13.9. The second-order valence-electron chi connectivity index (χ2n) is 8.24. The third-order valence-corrected chi connectivity index (χ3v) is 4.99. The number of nitriles is 1. The van der Waals surface area contributed by atoms with Crippen molar-refractivity contribution >= 4 is 0 Å². The number of nitrogens with one attached hydrogen (secondary N) is 1. The van der Waals surface area contributed by atoms with E-state index in [9.17, 15) is 5.26 Å². The molecule has 0 aromatic rings. The second-order valence-corrected chi connectivity index (χ2v) is 8.24. The third-order valence-electron chi connectivity index (χ3n) is 4.99. The van der Waals surface area contributed by atoms with Crippen LogP contribution in [0.4, 0.5) is 0 Å². The Morgan fingerprint density at radius 3 is 2.25 bits per heavy atom. The highest BCUT2D eigenvalue weighted by Gasteiger charge is 2.48. The molecule has 1 N–H and O–H groups in total. The quantitative estimate of drug-likeness (QED) is 0.839. The topological polar surface area (TPSA) is 39.1 Å². The average Bonchev–Trinajstić information content (AvgIpc) is 3.07. The lowest BCUT2D eigenvalue weighted by molar-refractivity contribution is 0.188. The Morgan fingerprint density at radius 1 is 1.20 bits per heavy atom. The Labute approximate surface area is 124 Å². The minimum atomic E-state index is -0.319. The van der Waals surface area contributed by atoms with Crippen LogP contribution in [0.1, 0.15) is 53.9 Å². The van der Waals surface area contributed by atoms with Crippen molar-refractivity contribution in [1.29, 1.82) is 5.26 Å². The van der Waals surface area contributed by atoms with Crippen LogP contribution in [0.15, 0.2) is 0 Å². The van der Waals surface area contributed by atoms with Crippen LogP contribution in [0, 0.1) is 28.6 Å². The van der Waals surface area contributed by atoms with Gasteiger partial charge in [0.05, 0.1) is 6.07 Å². The number of hydrogen-bond acceptors (Lipinski definition) is 3. The molecule has 0 amide bonds. The van der Waals surface area contributed by atoms with Crippen LogP contribution in [0.3, 0.4) is 0 Å². The summed E-state index contributed by atoms with van der Waals surface area (Å²) in [5.74, 6) is 1.32. The summed E-state index contributed by atoms with van der Waals surface area (Å²) in [6.45, 7) is 14.5. The zero-order chi connectivity index (χ0) is 15.0. The van der Waals surface area contributed by atoms with E-state index in [1.54, 1.807) is 0 Å². The fourth-order valence-corrected chi connectivity index (χ4v) is 3.58. The molecule has 2 fully saturated rings. The first-order chi connectivity index (χ1) is 9.27. The number of likely N-dealkylation sites (tertiary alicyclic amines) is 1. The van der Waals surface area contributed by atoms with E-state index in [0.717, 1.165) is 25.6 Å². The molecule has 0 bridgehead atoms. The summed E-state index contributed by atoms with van der Waals surface area (Å²) in [7, 11) is 0. The highest BCUT2D eigenvalue weighted by atomic mass is 15.2. The van der Waals surface area contributed by atoms with Gasteiger partial charge in [-0.15, -0.1) is 0 Å². The summed E-state index contributed by atoms with van der Waals surface area (Å²) >= 11 is 0. The van der Waals surface area contributed by atoms with Crippen molar-refractivity contribution in [2.75, 3.05) is 19.6 Å². The van der Waals surface area contributed by atoms with Gasteiger partial charge in [-0.3, -0.25) is 5.32 Å². The van der Waals surface area contributed by atoms with Crippen LogP contribution in [-0.2, 0) is 0 Å². The molecule has 0 spiro atoms. The van der Waals surface area contributed by atoms with Crippen LogP contribution >= 0.6 is 0 Å². The van der Waals surface area contributed by atoms with Crippen LogP contribution in [-0.4, -0.2) is 36.1 Å². The average molecular weight is 277 g/mol. The van der Waals surface area contributed by atoms with E-state index in [1.165, 1.54) is 19.3 Å². The number of nitrogens with zero attached hydrogens (tertiary/aromatic N) is 2. The smallest absolute Gasteiger partial charge is 0.122 e. The van der Waals surface area contributed by atoms with Crippen molar-refractivity contribution in [3.63, 3.8) is 0 Å². The Hall–Kier alpha value is -0.590. The fourth-order valence-electron chi connectivity index (χ4n) is 3.58. The van der Waals surface area contributed by atoms with Gasteiger partial charge in [-0.05, 0) is 56.9 Å². The van der Waals surface area contributed by atoms with Gasteiger partial charge in [-0.1, -0.05) is 20.8 Å². The van der Waals surface area contributed by atoms with Crippen molar-refractivity contribution in [3.05, 3.63) is 0 Å². The van der Waals surface area contributed by atoms with Crippen molar-refractivity contribution in [3.8, 4) is 6.07 Å². The summed E-state index contributed by atoms with van der Waals surface area (Å²) in [5.41, 5.74) is 0.0655. The molecule has 1 heterocycles. The van der Waals surface area contributed by atoms with Crippen LogP contribution in [0.2, 0.25) is 0 Å². The lowest BCUT2D eigenvalue weighted by atomic mass is 9.80. The molecule has 2 rings (SSSR count). The first kappa shape index (κ1) is 15.8. The molecular formula is C17H31N3. The number of rotatable bonds is 5. The van der Waals surface area contributed by atoms with Gasteiger partial charge in [0.15, 0.2) is 0 Å². The summed E-state index contributed by atoms with van der Waals surface area (Å²) in [4.78, 5) is 2.52. The molecule has 114 valence electrons. The maximum absolute atomic E-state index is 9.78. The molecule has 1 saturated carbocycles. The minimum absolute atomic E-state index is 0.319.